The van der Waals surface area contributed by atoms with Crippen LogP contribution in [-0.2, 0) is 0 Å². The molecule has 0 bridgehead atoms. The van der Waals surface area contributed by atoms with Crippen molar-refractivity contribution in [1.82, 2.24) is 0 Å². The number of fused-ring (bicyclic) bond motifs is 1. The van der Waals surface area contributed by atoms with Gasteiger partial charge in [-0.25, -0.2) is 9.18 Å². The smallest absolute Gasteiger partial charge is 0.351 e. The molecule has 0 aliphatic heterocycles. The molecule has 0 atom stereocenters. The number of hydrogen-bond acceptors (Lipinski definition) is 4. The number of unbranched alkanes of at least 4 members (excludes halogenated alkanes) is 6. The molecule has 0 saturated heterocycles. The van der Waals surface area contributed by atoms with Gasteiger partial charge in [0.25, 0.3) is 0 Å². The van der Waals surface area contributed by atoms with E-state index < -0.39 is 23.0 Å². The van der Waals surface area contributed by atoms with Gasteiger partial charge in [0, 0.05) is 6.42 Å². The quantitative estimate of drug-likeness (QED) is 0.400. The summed E-state index contributed by atoms with van der Waals surface area (Å²) in [5.41, 5.74) is -1.19. The Morgan fingerprint density at radius 3 is 2.50 bits per heavy atom. The Hall–Kier alpha value is -2.17. The molecule has 2 rings (SSSR count). The summed E-state index contributed by atoms with van der Waals surface area (Å²) in [7, 11) is 0. The van der Waals surface area contributed by atoms with E-state index in [1.54, 1.807) is 0 Å². The molecule has 0 aliphatic rings. The van der Waals surface area contributed by atoms with Crippen LogP contribution in [-0.4, -0.2) is 10.9 Å². The lowest BCUT2D eigenvalue weighted by molar-refractivity contribution is 0.0973. The highest BCUT2D eigenvalue weighted by molar-refractivity contribution is 6.02. The fraction of sp³-hybridized carbons (Fsp3) is 0.474. The molecule has 0 unspecified atom stereocenters. The van der Waals surface area contributed by atoms with Crippen LogP contribution in [0.5, 0.6) is 5.75 Å². The summed E-state index contributed by atoms with van der Waals surface area (Å²) < 4.78 is 18.3. The molecule has 0 saturated carbocycles. The Morgan fingerprint density at radius 2 is 1.79 bits per heavy atom. The highest BCUT2D eigenvalue weighted by atomic mass is 19.1. The van der Waals surface area contributed by atoms with Crippen LogP contribution in [0.3, 0.4) is 0 Å². The molecule has 1 aromatic heterocycles. The molecule has 4 nitrogen and oxygen atoms in total. The van der Waals surface area contributed by atoms with Crippen LogP contribution in [0.4, 0.5) is 4.39 Å². The molecule has 1 heterocycles. The largest absolute Gasteiger partial charge is 0.506 e. The number of halogens is 1. The van der Waals surface area contributed by atoms with E-state index in [2.05, 4.69) is 6.92 Å². The van der Waals surface area contributed by atoms with Gasteiger partial charge < -0.3 is 9.52 Å². The minimum Gasteiger partial charge on any atom is -0.506 e. The van der Waals surface area contributed by atoms with E-state index in [9.17, 15) is 19.1 Å². The van der Waals surface area contributed by atoms with Gasteiger partial charge in [-0.1, -0.05) is 45.4 Å². The summed E-state index contributed by atoms with van der Waals surface area (Å²) in [6.45, 7) is 2.16. The van der Waals surface area contributed by atoms with Crippen LogP contribution in [0, 0.1) is 5.82 Å². The molecule has 0 fully saturated rings. The third kappa shape index (κ3) is 4.43. The number of rotatable bonds is 9. The third-order valence-electron chi connectivity index (χ3n) is 4.13. The van der Waals surface area contributed by atoms with Gasteiger partial charge in [0.2, 0.25) is 0 Å². The van der Waals surface area contributed by atoms with Gasteiger partial charge in [-0.15, -0.1) is 0 Å². The summed E-state index contributed by atoms with van der Waals surface area (Å²) >= 11 is 0. The first kappa shape index (κ1) is 18.2. The van der Waals surface area contributed by atoms with Crippen molar-refractivity contribution in [3.05, 3.63) is 40.0 Å². The fourth-order valence-electron chi connectivity index (χ4n) is 2.77. The second kappa shape index (κ2) is 8.62. The van der Waals surface area contributed by atoms with Gasteiger partial charge in [-0.05, 0) is 24.6 Å². The normalized spacial score (nSPS) is 11.1. The first-order valence-electron chi connectivity index (χ1n) is 8.53. The molecule has 0 aliphatic carbocycles. The molecule has 0 amide bonds. The molecule has 1 aromatic carbocycles. The number of Topliss-reactive ketones (excluding diaryl/α,β-unsaturated/α-hetero) is 1. The average molecular weight is 334 g/mol. The molecule has 0 radical (unpaired) electrons. The molecule has 24 heavy (non-hydrogen) atoms. The van der Waals surface area contributed by atoms with Gasteiger partial charge in [-0.2, -0.15) is 0 Å². The minimum absolute atomic E-state index is 0.0394. The van der Waals surface area contributed by atoms with Crippen molar-refractivity contribution in [2.45, 2.75) is 58.3 Å². The SMILES string of the molecule is CCCCCCCCCC(=O)c1c(O)c2cc(F)ccc2oc1=O. The third-order valence-corrected chi connectivity index (χ3v) is 4.13. The van der Waals surface area contributed by atoms with Crippen LogP contribution in [0.15, 0.2) is 27.4 Å². The number of aromatic hydroxyl groups is 1. The maximum absolute atomic E-state index is 13.3. The van der Waals surface area contributed by atoms with Crippen LogP contribution < -0.4 is 5.63 Å². The van der Waals surface area contributed by atoms with E-state index >= 15 is 0 Å². The Bertz CT molecular complexity index is 764. The van der Waals surface area contributed by atoms with E-state index in [4.69, 9.17) is 4.42 Å². The zero-order valence-corrected chi connectivity index (χ0v) is 13.9. The monoisotopic (exact) mass is 334 g/mol. The van der Waals surface area contributed by atoms with E-state index in [1.165, 1.54) is 25.3 Å². The Labute approximate surface area is 140 Å². The zero-order valence-electron chi connectivity index (χ0n) is 13.9. The summed E-state index contributed by atoms with van der Waals surface area (Å²) in [4.78, 5) is 24.2. The lowest BCUT2D eigenvalue weighted by atomic mass is 10.0. The number of carbonyl (C=O) groups is 1. The van der Waals surface area contributed by atoms with Crippen molar-refractivity contribution in [3.8, 4) is 5.75 Å². The van der Waals surface area contributed by atoms with Gasteiger partial charge in [0.1, 0.15) is 22.7 Å². The van der Waals surface area contributed by atoms with E-state index in [0.717, 1.165) is 31.4 Å². The number of hydrogen-bond donors (Lipinski definition) is 1. The first-order chi connectivity index (χ1) is 11.5. The molecular weight excluding hydrogens is 311 g/mol. The van der Waals surface area contributed by atoms with Crippen LogP contribution >= 0.6 is 0 Å². The summed E-state index contributed by atoms with van der Waals surface area (Å²) in [5.74, 6) is -1.52. The Kier molecular flexibility index (Phi) is 6.53. The van der Waals surface area contributed by atoms with Gasteiger partial charge in [-0.3, -0.25) is 4.79 Å². The van der Waals surface area contributed by atoms with Crippen molar-refractivity contribution in [1.29, 1.82) is 0 Å². The highest BCUT2D eigenvalue weighted by Gasteiger charge is 2.20. The fourth-order valence-corrected chi connectivity index (χ4v) is 2.77. The van der Waals surface area contributed by atoms with Crippen LogP contribution in [0.1, 0.15) is 68.6 Å². The van der Waals surface area contributed by atoms with E-state index in [0.29, 0.717) is 6.42 Å². The summed E-state index contributed by atoms with van der Waals surface area (Å²) in [5, 5.41) is 10.2. The number of carbonyl (C=O) groups excluding carboxylic acids is 1. The predicted molar refractivity (Wildman–Crippen MR) is 91.0 cm³/mol. The average Bonchev–Trinajstić information content (AvgIpc) is 2.55. The van der Waals surface area contributed by atoms with E-state index in [-0.39, 0.29) is 23.0 Å². The van der Waals surface area contributed by atoms with Gasteiger partial charge >= 0.3 is 5.63 Å². The minimum atomic E-state index is -0.875. The van der Waals surface area contributed by atoms with Crippen LogP contribution in [0.25, 0.3) is 11.0 Å². The first-order valence-corrected chi connectivity index (χ1v) is 8.53. The molecule has 130 valence electrons. The highest BCUT2D eigenvalue weighted by Crippen LogP contribution is 2.28. The van der Waals surface area contributed by atoms with Gasteiger partial charge in [0.15, 0.2) is 5.78 Å². The number of benzene rings is 1. The lowest BCUT2D eigenvalue weighted by Crippen LogP contribution is -2.14. The molecule has 0 spiro atoms. The Balaban J connectivity index is 2.03. The topological polar surface area (TPSA) is 67.5 Å². The molecule has 1 N–H and O–H groups in total. The maximum atomic E-state index is 13.3. The standard InChI is InChI=1S/C19H23FO4/c1-2-3-4-5-6-7-8-9-15(21)17-18(22)14-12-13(20)10-11-16(14)24-19(17)23/h10-12,22H,2-9H2,1H3. The molecule has 2 aromatic rings. The lowest BCUT2D eigenvalue weighted by Gasteiger charge is -2.06. The summed E-state index contributed by atoms with van der Waals surface area (Å²) in [6, 6.07) is 3.44. The van der Waals surface area contributed by atoms with Crippen molar-refractivity contribution in [3.63, 3.8) is 0 Å². The zero-order chi connectivity index (χ0) is 17.5. The predicted octanol–water partition coefficient (Wildman–Crippen LogP) is 4.96. The van der Waals surface area contributed by atoms with Crippen molar-refractivity contribution < 1.29 is 18.7 Å². The van der Waals surface area contributed by atoms with E-state index in [1.807, 2.05) is 0 Å². The second-order valence-electron chi connectivity index (χ2n) is 6.05. The van der Waals surface area contributed by atoms with Crippen molar-refractivity contribution in [2.24, 2.45) is 0 Å². The molecular formula is C19H23FO4. The summed E-state index contributed by atoms with van der Waals surface area (Å²) in [6.07, 6.45) is 7.55. The Morgan fingerprint density at radius 1 is 1.12 bits per heavy atom. The maximum Gasteiger partial charge on any atom is 0.351 e. The van der Waals surface area contributed by atoms with Crippen molar-refractivity contribution in [2.75, 3.05) is 0 Å². The number of ketones is 1. The van der Waals surface area contributed by atoms with Crippen LogP contribution in [0.2, 0.25) is 0 Å². The molecule has 5 heteroatoms. The van der Waals surface area contributed by atoms with Gasteiger partial charge in [0.05, 0.1) is 5.39 Å². The second-order valence-corrected chi connectivity index (χ2v) is 6.05. The van der Waals surface area contributed by atoms with Crippen molar-refractivity contribution >= 4 is 16.8 Å².